The number of carbonyl (C=O) groups is 1. The summed E-state index contributed by atoms with van der Waals surface area (Å²) in [5, 5.41) is 2.95. The fraction of sp³-hybridized carbons (Fsp3) is 0.643. The highest BCUT2D eigenvalue weighted by Gasteiger charge is 2.23. The molecule has 0 bridgehead atoms. The average molecular weight is 293 g/mol. The molecule has 1 aliphatic heterocycles. The minimum atomic E-state index is 0.0144. The molecule has 116 valence electrons. The van der Waals surface area contributed by atoms with Gasteiger partial charge >= 0.3 is 0 Å². The maximum atomic E-state index is 11.1. The van der Waals surface area contributed by atoms with Gasteiger partial charge in [-0.25, -0.2) is 4.98 Å². The zero-order valence-corrected chi connectivity index (χ0v) is 12.8. The van der Waals surface area contributed by atoms with Gasteiger partial charge in [-0.15, -0.1) is 0 Å². The second-order valence-corrected chi connectivity index (χ2v) is 5.54. The first-order valence-corrected chi connectivity index (χ1v) is 7.26. The van der Waals surface area contributed by atoms with Crippen molar-refractivity contribution >= 4 is 17.4 Å². The molecule has 2 rings (SSSR count). The molecule has 1 aromatic heterocycles. The number of nitrogens with one attached hydrogen (secondary N) is 1. The molecule has 0 saturated carbocycles. The number of nitrogen functional groups attached to an aromatic ring is 1. The Morgan fingerprint density at radius 2 is 2.10 bits per heavy atom. The molecular weight excluding hydrogens is 270 g/mol. The Morgan fingerprint density at radius 3 is 2.67 bits per heavy atom. The van der Waals surface area contributed by atoms with E-state index in [0.29, 0.717) is 17.4 Å². The lowest BCUT2D eigenvalue weighted by Crippen LogP contribution is -2.44. The van der Waals surface area contributed by atoms with Crippen molar-refractivity contribution < 1.29 is 9.53 Å². The standard InChI is InChI=1S/C14H23N5O2/c1-9(2)21-14-12(15)13(16-8-17-14)19-6-4-11(5-7-19)18-10(3)20/h8-9,11H,4-7,15H2,1-3H3,(H,18,20). The molecule has 0 radical (unpaired) electrons. The number of aromatic nitrogens is 2. The molecule has 0 atom stereocenters. The number of amides is 1. The molecular formula is C14H23N5O2. The molecule has 1 aromatic rings. The van der Waals surface area contributed by atoms with Crippen molar-refractivity contribution in [2.45, 2.75) is 45.8 Å². The van der Waals surface area contributed by atoms with Gasteiger partial charge in [0, 0.05) is 26.1 Å². The van der Waals surface area contributed by atoms with E-state index in [4.69, 9.17) is 10.5 Å². The maximum absolute atomic E-state index is 11.1. The van der Waals surface area contributed by atoms with Gasteiger partial charge in [0.2, 0.25) is 11.8 Å². The van der Waals surface area contributed by atoms with Crippen LogP contribution in [0.25, 0.3) is 0 Å². The Kier molecular flexibility index (Phi) is 4.82. The van der Waals surface area contributed by atoms with Gasteiger partial charge in [0.1, 0.15) is 12.0 Å². The molecule has 7 heteroatoms. The average Bonchev–Trinajstić information content (AvgIpc) is 2.41. The molecule has 3 N–H and O–H groups in total. The van der Waals surface area contributed by atoms with E-state index in [9.17, 15) is 4.79 Å². The van der Waals surface area contributed by atoms with Crippen LogP contribution in [0.15, 0.2) is 6.33 Å². The van der Waals surface area contributed by atoms with E-state index in [2.05, 4.69) is 20.2 Å². The van der Waals surface area contributed by atoms with Crippen LogP contribution in [0.4, 0.5) is 11.5 Å². The van der Waals surface area contributed by atoms with Gasteiger partial charge in [0.25, 0.3) is 0 Å². The Balaban J connectivity index is 2.05. The van der Waals surface area contributed by atoms with Gasteiger partial charge in [-0.05, 0) is 26.7 Å². The minimum absolute atomic E-state index is 0.0144. The van der Waals surface area contributed by atoms with Gasteiger partial charge in [-0.1, -0.05) is 0 Å². The van der Waals surface area contributed by atoms with Crippen molar-refractivity contribution in [3.05, 3.63) is 6.33 Å². The minimum Gasteiger partial charge on any atom is -0.473 e. The third-order valence-corrected chi connectivity index (χ3v) is 3.38. The van der Waals surface area contributed by atoms with Gasteiger partial charge in [0.05, 0.1) is 6.10 Å². The Hall–Kier alpha value is -2.05. The Labute approximate surface area is 124 Å². The highest BCUT2D eigenvalue weighted by molar-refractivity contribution is 5.73. The first kappa shape index (κ1) is 15.3. The van der Waals surface area contributed by atoms with E-state index in [1.165, 1.54) is 6.33 Å². The summed E-state index contributed by atoms with van der Waals surface area (Å²) in [4.78, 5) is 21.6. The number of rotatable bonds is 4. The third kappa shape index (κ3) is 3.96. The van der Waals surface area contributed by atoms with E-state index in [-0.39, 0.29) is 18.1 Å². The van der Waals surface area contributed by atoms with Gasteiger partial charge in [0.15, 0.2) is 5.82 Å². The molecule has 0 spiro atoms. The lowest BCUT2D eigenvalue weighted by atomic mass is 10.0. The number of nitrogens with two attached hydrogens (primary N) is 1. The van der Waals surface area contributed by atoms with Crippen molar-refractivity contribution in [2.24, 2.45) is 0 Å². The predicted octanol–water partition coefficient (Wildman–Crippen LogP) is 0.951. The second kappa shape index (κ2) is 6.60. The highest BCUT2D eigenvalue weighted by atomic mass is 16.5. The van der Waals surface area contributed by atoms with Gasteiger partial charge in [-0.2, -0.15) is 4.98 Å². The summed E-state index contributed by atoms with van der Waals surface area (Å²) >= 11 is 0. The van der Waals surface area contributed by atoms with E-state index < -0.39 is 0 Å². The second-order valence-electron chi connectivity index (χ2n) is 5.54. The number of carbonyl (C=O) groups excluding carboxylic acids is 1. The SMILES string of the molecule is CC(=O)NC1CCN(c2ncnc(OC(C)C)c2N)CC1. The van der Waals surface area contributed by atoms with Gasteiger partial charge in [-0.3, -0.25) is 4.79 Å². The molecule has 1 amide bonds. The predicted molar refractivity (Wildman–Crippen MR) is 81.3 cm³/mol. The summed E-state index contributed by atoms with van der Waals surface area (Å²) in [5.74, 6) is 1.16. The van der Waals surface area contributed by atoms with Crippen LogP contribution in [0.3, 0.4) is 0 Å². The van der Waals surface area contributed by atoms with Crippen molar-refractivity contribution in [1.29, 1.82) is 0 Å². The number of hydrogen-bond acceptors (Lipinski definition) is 6. The lowest BCUT2D eigenvalue weighted by Gasteiger charge is -2.33. The van der Waals surface area contributed by atoms with Crippen molar-refractivity contribution in [3.8, 4) is 5.88 Å². The van der Waals surface area contributed by atoms with Crippen LogP contribution in [-0.4, -0.2) is 41.1 Å². The Morgan fingerprint density at radius 1 is 1.43 bits per heavy atom. The fourth-order valence-corrected chi connectivity index (χ4v) is 2.46. The zero-order valence-electron chi connectivity index (χ0n) is 12.8. The first-order valence-electron chi connectivity index (χ1n) is 7.26. The number of anilines is 2. The monoisotopic (exact) mass is 293 g/mol. The quantitative estimate of drug-likeness (QED) is 0.858. The molecule has 7 nitrogen and oxygen atoms in total. The molecule has 21 heavy (non-hydrogen) atoms. The van der Waals surface area contributed by atoms with E-state index >= 15 is 0 Å². The summed E-state index contributed by atoms with van der Waals surface area (Å²) in [6.45, 7) is 7.01. The number of ether oxygens (including phenoxy) is 1. The van der Waals surface area contributed by atoms with E-state index in [1.54, 1.807) is 6.92 Å². The molecule has 1 fully saturated rings. The van der Waals surface area contributed by atoms with Crippen LogP contribution in [0, 0.1) is 0 Å². The fourth-order valence-electron chi connectivity index (χ4n) is 2.46. The van der Waals surface area contributed by atoms with Crippen LogP contribution in [0.5, 0.6) is 5.88 Å². The summed E-state index contributed by atoms with van der Waals surface area (Å²) in [7, 11) is 0. The normalized spacial score (nSPS) is 16.1. The summed E-state index contributed by atoms with van der Waals surface area (Å²) in [6, 6.07) is 0.230. The molecule has 0 aromatic carbocycles. The lowest BCUT2D eigenvalue weighted by molar-refractivity contribution is -0.119. The van der Waals surface area contributed by atoms with E-state index in [1.807, 2.05) is 13.8 Å². The van der Waals surface area contributed by atoms with E-state index in [0.717, 1.165) is 25.9 Å². The largest absolute Gasteiger partial charge is 0.473 e. The smallest absolute Gasteiger partial charge is 0.242 e. The van der Waals surface area contributed by atoms with Crippen molar-refractivity contribution in [2.75, 3.05) is 23.7 Å². The Bertz CT molecular complexity index is 498. The zero-order chi connectivity index (χ0) is 15.4. The molecule has 1 saturated heterocycles. The summed E-state index contributed by atoms with van der Waals surface area (Å²) < 4.78 is 5.59. The summed E-state index contributed by atoms with van der Waals surface area (Å²) in [5.41, 5.74) is 6.59. The van der Waals surface area contributed by atoms with Crippen LogP contribution < -0.4 is 20.7 Å². The topological polar surface area (TPSA) is 93.4 Å². The van der Waals surface area contributed by atoms with Crippen molar-refractivity contribution in [1.82, 2.24) is 15.3 Å². The molecule has 2 heterocycles. The first-order chi connectivity index (χ1) is 9.97. The molecule has 1 aliphatic rings. The molecule has 0 aliphatic carbocycles. The number of nitrogens with zero attached hydrogens (tertiary/aromatic N) is 3. The number of piperidine rings is 1. The van der Waals surface area contributed by atoms with Crippen molar-refractivity contribution in [3.63, 3.8) is 0 Å². The summed E-state index contributed by atoms with van der Waals surface area (Å²) in [6.07, 6.45) is 3.25. The third-order valence-electron chi connectivity index (χ3n) is 3.38. The maximum Gasteiger partial charge on any atom is 0.242 e. The highest BCUT2D eigenvalue weighted by Crippen LogP contribution is 2.30. The van der Waals surface area contributed by atoms with Crippen LogP contribution in [0.2, 0.25) is 0 Å². The van der Waals surface area contributed by atoms with Crippen LogP contribution in [-0.2, 0) is 4.79 Å². The van der Waals surface area contributed by atoms with Crippen LogP contribution in [0.1, 0.15) is 33.6 Å². The molecule has 0 unspecified atom stereocenters. The van der Waals surface area contributed by atoms with Gasteiger partial charge < -0.3 is 20.7 Å². The van der Waals surface area contributed by atoms with Crippen LogP contribution >= 0.6 is 0 Å². The number of hydrogen-bond donors (Lipinski definition) is 2.